The Labute approximate surface area is 256 Å². The molecule has 3 aromatic carbocycles. The number of nitrogens with two attached hydrogens (primary N) is 1. The first-order valence-corrected chi connectivity index (χ1v) is 16.2. The first-order valence-electron chi connectivity index (χ1n) is 14.6. The van der Waals surface area contributed by atoms with Gasteiger partial charge >= 0.3 is 13.7 Å². The van der Waals surface area contributed by atoms with E-state index in [1.165, 1.54) is 0 Å². The zero-order chi connectivity index (χ0) is 31.4. The predicted molar refractivity (Wildman–Crippen MR) is 171 cm³/mol. The Morgan fingerprint density at radius 2 is 1.68 bits per heavy atom. The minimum absolute atomic E-state index is 0.0673. The van der Waals surface area contributed by atoms with Gasteiger partial charge in [-0.3, -0.25) is 9.32 Å². The number of imidazole rings is 1. The van der Waals surface area contributed by atoms with E-state index in [0.717, 1.165) is 27.2 Å². The number of aromatic nitrogens is 3. The highest BCUT2D eigenvalue weighted by atomic mass is 31.2. The standard InChI is InChI=1S/C32H38N5O6P/c1-6-40-19-28-35-29-30(25-15-9-10-16-26(25)34-31(29)33)37(28)21(4)18-41-44(39,36-22(5)32(38)42-20(2)3)43-27-17-11-13-23-12-7-8-14-24(23)27/h7-17,20-22H,6,18-19H2,1-5H3,(H2,33,34)(H,36,39)/t21-,22+,44+/m1/s1. The summed E-state index contributed by atoms with van der Waals surface area (Å²) in [4.78, 5) is 22.0. The van der Waals surface area contributed by atoms with Crippen LogP contribution in [-0.4, -0.2) is 45.9 Å². The molecule has 3 atom stereocenters. The molecule has 0 saturated heterocycles. The molecule has 0 bridgehead atoms. The van der Waals surface area contributed by atoms with Crippen molar-refractivity contribution in [3.8, 4) is 5.75 Å². The zero-order valence-electron chi connectivity index (χ0n) is 25.5. The van der Waals surface area contributed by atoms with Gasteiger partial charge in [-0.1, -0.05) is 54.6 Å². The number of rotatable bonds is 13. The number of nitrogens with zero attached hydrogens (tertiary/aromatic N) is 3. The van der Waals surface area contributed by atoms with E-state index in [0.29, 0.717) is 29.5 Å². The van der Waals surface area contributed by atoms with Gasteiger partial charge in [-0.05, 0) is 52.1 Å². The van der Waals surface area contributed by atoms with Crippen molar-refractivity contribution in [1.82, 2.24) is 19.6 Å². The molecular weight excluding hydrogens is 581 g/mol. The van der Waals surface area contributed by atoms with Gasteiger partial charge in [0.2, 0.25) is 0 Å². The Bertz CT molecular complexity index is 1840. The van der Waals surface area contributed by atoms with Crippen molar-refractivity contribution < 1.29 is 27.9 Å². The highest BCUT2D eigenvalue weighted by Gasteiger charge is 2.34. The fraction of sp³-hybridized carbons (Fsp3) is 0.344. The molecule has 44 heavy (non-hydrogen) atoms. The van der Waals surface area contributed by atoms with Gasteiger partial charge < -0.3 is 24.3 Å². The van der Waals surface area contributed by atoms with E-state index in [1.807, 2.05) is 79.1 Å². The summed E-state index contributed by atoms with van der Waals surface area (Å²) in [5.41, 5.74) is 8.38. The van der Waals surface area contributed by atoms with Crippen LogP contribution < -0.4 is 15.3 Å². The molecule has 0 unspecified atom stereocenters. The largest absolute Gasteiger partial charge is 0.462 e. The molecule has 2 heterocycles. The highest BCUT2D eigenvalue weighted by molar-refractivity contribution is 7.52. The molecule has 3 N–H and O–H groups in total. The van der Waals surface area contributed by atoms with Crippen LogP contribution in [0.15, 0.2) is 66.7 Å². The Morgan fingerprint density at radius 3 is 2.43 bits per heavy atom. The maximum Gasteiger partial charge on any atom is 0.459 e. The summed E-state index contributed by atoms with van der Waals surface area (Å²) in [6.07, 6.45) is -0.346. The topological polar surface area (TPSA) is 140 Å². The van der Waals surface area contributed by atoms with Crippen molar-refractivity contribution in [2.24, 2.45) is 0 Å². The molecule has 5 rings (SSSR count). The average molecular weight is 620 g/mol. The van der Waals surface area contributed by atoms with E-state index in [4.69, 9.17) is 29.2 Å². The van der Waals surface area contributed by atoms with Crippen molar-refractivity contribution in [1.29, 1.82) is 0 Å². The third-order valence-corrected chi connectivity index (χ3v) is 8.64. The fourth-order valence-corrected chi connectivity index (χ4v) is 6.63. The number of nitrogen functional groups attached to an aromatic ring is 1. The number of carbonyl (C=O) groups is 1. The summed E-state index contributed by atoms with van der Waals surface area (Å²) in [5.74, 6) is 0.695. The molecule has 0 fully saturated rings. The number of carbonyl (C=O) groups excluding carboxylic acids is 1. The molecule has 2 aromatic heterocycles. The van der Waals surface area contributed by atoms with Gasteiger partial charge in [0.15, 0.2) is 5.82 Å². The number of benzene rings is 3. The number of anilines is 1. The van der Waals surface area contributed by atoms with E-state index in [2.05, 4.69) is 10.1 Å². The van der Waals surface area contributed by atoms with Crippen LogP contribution in [0.1, 0.15) is 46.5 Å². The Hall–Kier alpha value is -4.02. The van der Waals surface area contributed by atoms with Crippen LogP contribution in [0.25, 0.3) is 32.7 Å². The van der Waals surface area contributed by atoms with E-state index in [9.17, 15) is 9.36 Å². The fourth-order valence-electron chi connectivity index (χ4n) is 5.04. The van der Waals surface area contributed by atoms with Gasteiger partial charge in [0.05, 0.1) is 29.8 Å². The van der Waals surface area contributed by atoms with Crippen LogP contribution in [0.3, 0.4) is 0 Å². The van der Waals surface area contributed by atoms with Crippen molar-refractivity contribution in [2.75, 3.05) is 18.9 Å². The van der Waals surface area contributed by atoms with Crippen LogP contribution in [0.2, 0.25) is 0 Å². The maximum absolute atomic E-state index is 14.4. The summed E-state index contributed by atoms with van der Waals surface area (Å²) in [6.45, 7) is 9.52. The van der Waals surface area contributed by atoms with E-state index < -0.39 is 25.8 Å². The van der Waals surface area contributed by atoms with Gasteiger partial charge in [-0.15, -0.1) is 0 Å². The molecular formula is C32H38N5O6P. The van der Waals surface area contributed by atoms with E-state index in [-0.39, 0.29) is 19.3 Å². The van der Waals surface area contributed by atoms with Crippen LogP contribution in [0.5, 0.6) is 5.75 Å². The van der Waals surface area contributed by atoms with Gasteiger partial charge in [0.25, 0.3) is 0 Å². The molecule has 232 valence electrons. The van der Waals surface area contributed by atoms with Crippen molar-refractivity contribution in [3.05, 3.63) is 72.6 Å². The molecule has 0 aliphatic rings. The van der Waals surface area contributed by atoms with Crippen LogP contribution in [0, 0.1) is 0 Å². The summed E-state index contributed by atoms with van der Waals surface area (Å²) < 4.78 is 39.7. The smallest absolute Gasteiger partial charge is 0.459 e. The number of hydrogen-bond donors (Lipinski definition) is 2. The monoisotopic (exact) mass is 619 g/mol. The third kappa shape index (κ3) is 6.71. The minimum atomic E-state index is -4.16. The lowest BCUT2D eigenvalue weighted by Crippen LogP contribution is -2.36. The first kappa shape index (κ1) is 31.4. The number of esters is 1. The van der Waals surface area contributed by atoms with Crippen LogP contribution in [0.4, 0.5) is 5.82 Å². The quantitative estimate of drug-likeness (QED) is 0.110. The lowest BCUT2D eigenvalue weighted by molar-refractivity contribution is -0.149. The normalized spacial score (nSPS) is 14.6. The number of para-hydroxylation sites is 1. The van der Waals surface area contributed by atoms with Gasteiger partial charge in [0.1, 0.15) is 29.7 Å². The second kappa shape index (κ2) is 13.3. The van der Waals surface area contributed by atoms with Gasteiger partial charge in [-0.2, -0.15) is 5.09 Å². The number of pyridine rings is 1. The summed E-state index contributed by atoms with van der Waals surface area (Å²) in [7, 11) is -4.16. The SMILES string of the molecule is CCOCc1nc2c(N)nc3ccccc3c2n1[C@H](C)CO[P@@](=O)(N[C@@H](C)C(=O)OC(C)C)Oc1cccc2ccccc12. The molecule has 0 aliphatic carbocycles. The van der Waals surface area contributed by atoms with Crippen LogP contribution >= 0.6 is 7.75 Å². The average Bonchev–Trinajstić information content (AvgIpc) is 3.39. The third-order valence-electron chi connectivity index (χ3n) is 7.01. The minimum Gasteiger partial charge on any atom is -0.462 e. The second-order valence-electron chi connectivity index (χ2n) is 10.8. The van der Waals surface area contributed by atoms with Crippen molar-refractivity contribution in [2.45, 2.75) is 59.4 Å². The number of ether oxygens (including phenoxy) is 2. The van der Waals surface area contributed by atoms with Crippen molar-refractivity contribution >= 4 is 52.2 Å². The Morgan fingerprint density at radius 1 is 0.977 bits per heavy atom. The number of hydrogen-bond acceptors (Lipinski definition) is 9. The van der Waals surface area contributed by atoms with E-state index in [1.54, 1.807) is 26.8 Å². The molecule has 0 amide bonds. The molecule has 12 heteroatoms. The van der Waals surface area contributed by atoms with Gasteiger partial charge in [0, 0.05) is 17.4 Å². The maximum atomic E-state index is 14.4. The lowest BCUT2D eigenvalue weighted by atomic mass is 10.1. The molecule has 11 nitrogen and oxygen atoms in total. The summed E-state index contributed by atoms with van der Waals surface area (Å²) in [6, 6.07) is 19.3. The lowest BCUT2D eigenvalue weighted by Gasteiger charge is -2.26. The Balaban J connectivity index is 1.51. The molecule has 5 aromatic rings. The van der Waals surface area contributed by atoms with Crippen molar-refractivity contribution in [3.63, 3.8) is 0 Å². The predicted octanol–water partition coefficient (Wildman–Crippen LogP) is 6.55. The second-order valence-corrected chi connectivity index (χ2v) is 12.5. The molecule has 0 spiro atoms. The molecule has 0 aliphatic heterocycles. The van der Waals surface area contributed by atoms with E-state index >= 15 is 0 Å². The molecule has 0 radical (unpaired) electrons. The Kier molecular flexibility index (Phi) is 9.51. The summed E-state index contributed by atoms with van der Waals surface area (Å²) >= 11 is 0. The first-order chi connectivity index (χ1) is 21.1. The highest BCUT2D eigenvalue weighted by Crippen LogP contribution is 2.47. The van der Waals surface area contributed by atoms with Crippen LogP contribution in [-0.2, 0) is 30.0 Å². The van der Waals surface area contributed by atoms with Gasteiger partial charge in [-0.25, -0.2) is 14.5 Å². The number of nitrogens with one attached hydrogen (secondary N) is 1. The molecule has 0 saturated carbocycles. The zero-order valence-corrected chi connectivity index (χ0v) is 26.4. The number of fused-ring (bicyclic) bond motifs is 4. The summed E-state index contributed by atoms with van der Waals surface area (Å²) in [5, 5.41) is 5.31.